The van der Waals surface area contributed by atoms with Crippen LogP contribution in [0.15, 0.2) is 18.2 Å². The minimum Gasteiger partial charge on any atom is -0.459 e. The van der Waals surface area contributed by atoms with Crippen LogP contribution in [0.2, 0.25) is 5.02 Å². The molecule has 4 aromatic rings. The second-order valence-corrected chi connectivity index (χ2v) is 15.6. The van der Waals surface area contributed by atoms with E-state index in [1.165, 1.54) is 12.1 Å². The third kappa shape index (κ3) is 5.12. The Morgan fingerprint density at radius 2 is 2.02 bits per heavy atom. The van der Waals surface area contributed by atoms with Crippen molar-refractivity contribution in [2.45, 2.75) is 63.1 Å². The van der Waals surface area contributed by atoms with Gasteiger partial charge in [-0.15, -0.1) is 11.3 Å². The number of ether oxygens (including phenoxy) is 1. The van der Waals surface area contributed by atoms with Crippen molar-refractivity contribution in [3.63, 3.8) is 0 Å². The van der Waals surface area contributed by atoms with Crippen LogP contribution >= 0.6 is 22.9 Å². The van der Waals surface area contributed by atoms with E-state index in [1.807, 2.05) is 24.9 Å². The number of nitrogens with zero attached hydrogens (tertiary/aromatic N) is 7. The molecule has 14 heteroatoms. The summed E-state index contributed by atoms with van der Waals surface area (Å²) in [7, 11) is 2.05. The molecule has 4 fully saturated rings. The van der Waals surface area contributed by atoms with Gasteiger partial charge in [0.25, 0.3) is 0 Å². The normalized spacial score (nSPS) is 25.5. The maximum atomic E-state index is 17.1. The smallest absolute Gasteiger partial charge is 0.319 e. The summed E-state index contributed by atoms with van der Waals surface area (Å²) in [4.78, 5) is 29.2. The molecule has 4 aliphatic rings. The second-order valence-electron chi connectivity index (χ2n) is 14.1. The highest BCUT2D eigenvalue weighted by atomic mass is 35.5. The van der Waals surface area contributed by atoms with E-state index in [1.54, 1.807) is 6.07 Å². The Hall–Kier alpha value is -4.30. The fourth-order valence-electron chi connectivity index (χ4n) is 8.40. The van der Waals surface area contributed by atoms with Gasteiger partial charge >= 0.3 is 6.01 Å². The number of likely N-dealkylation sites (N-methyl/N-ethyl adjacent to an activating group) is 1. The molecule has 1 amide bonds. The Labute approximate surface area is 297 Å². The highest BCUT2D eigenvalue weighted by Crippen LogP contribution is 2.49. The number of piperidine rings is 1. The minimum atomic E-state index is -0.753. The number of anilines is 2. The van der Waals surface area contributed by atoms with E-state index in [-0.39, 0.29) is 78.2 Å². The molecule has 2 aromatic heterocycles. The van der Waals surface area contributed by atoms with E-state index in [0.717, 1.165) is 50.0 Å². The first-order valence-corrected chi connectivity index (χ1v) is 18.2. The van der Waals surface area contributed by atoms with Crippen LogP contribution in [-0.4, -0.2) is 76.6 Å². The van der Waals surface area contributed by atoms with Crippen molar-refractivity contribution in [2.75, 3.05) is 43.9 Å². The van der Waals surface area contributed by atoms with Gasteiger partial charge in [-0.05, 0) is 76.7 Å². The van der Waals surface area contributed by atoms with Crippen molar-refractivity contribution < 1.29 is 18.3 Å². The van der Waals surface area contributed by atoms with Crippen molar-refractivity contribution in [2.24, 2.45) is 11.8 Å². The number of likely N-dealkylation sites (tertiary alicyclic amines) is 2. The van der Waals surface area contributed by atoms with Crippen LogP contribution in [0.3, 0.4) is 0 Å². The summed E-state index contributed by atoms with van der Waals surface area (Å²) in [6, 6.07) is 8.67. The predicted molar refractivity (Wildman–Crippen MR) is 188 cm³/mol. The molecular formula is C36H35ClF2N8O2S. The number of benzene rings is 2. The van der Waals surface area contributed by atoms with Crippen molar-refractivity contribution in [3.8, 4) is 29.3 Å². The number of nitrogens with two attached hydrogens (primary N) is 1. The third-order valence-electron chi connectivity index (χ3n) is 11.2. The van der Waals surface area contributed by atoms with Gasteiger partial charge in [0.05, 0.1) is 38.7 Å². The number of nitrogen functional groups attached to an aromatic ring is 1. The number of carbonyl (C=O) groups excluding carboxylic acids is 1. The zero-order valence-corrected chi connectivity index (χ0v) is 29.3. The number of carbonyl (C=O) groups is 1. The average Bonchev–Trinajstić information content (AvgIpc) is 3.64. The SMILES string of the molecule is C[C@H](Oc1nc(N2CCCC3(CCN3C(=O)[C@@H]3C[C@H]3C#N)C2)c2cc(Cl)c(-c3ccc(F)c4sc(N)c(C#N)c34)c(F)c2n1)[C@@H]1CCCN1C. The molecule has 1 saturated carbocycles. The van der Waals surface area contributed by atoms with E-state index < -0.39 is 17.2 Å². The van der Waals surface area contributed by atoms with Gasteiger partial charge in [0, 0.05) is 42.0 Å². The molecule has 1 spiro atoms. The van der Waals surface area contributed by atoms with Gasteiger partial charge in [0.1, 0.15) is 34.3 Å². The molecule has 5 atom stereocenters. The van der Waals surface area contributed by atoms with E-state index in [0.29, 0.717) is 37.3 Å². The summed E-state index contributed by atoms with van der Waals surface area (Å²) in [6.07, 6.45) is 4.73. The third-order valence-corrected chi connectivity index (χ3v) is 12.5. The fourth-order valence-corrected chi connectivity index (χ4v) is 9.64. The minimum absolute atomic E-state index is 0.0187. The van der Waals surface area contributed by atoms with E-state index in [4.69, 9.17) is 27.1 Å². The molecule has 0 radical (unpaired) electrons. The Morgan fingerprint density at radius 3 is 2.70 bits per heavy atom. The molecule has 2 N–H and O–H groups in total. The largest absolute Gasteiger partial charge is 0.459 e. The molecule has 258 valence electrons. The lowest BCUT2D eigenvalue weighted by molar-refractivity contribution is -0.150. The van der Waals surface area contributed by atoms with E-state index in [9.17, 15) is 19.7 Å². The summed E-state index contributed by atoms with van der Waals surface area (Å²) in [5.41, 5.74) is 5.92. The highest BCUT2D eigenvalue weighted by Gasteiger charge is 2.55. The number of amides is 1. The number of nitriles is 2. The maximum absolute atomic E-state index is 17.1. The van der Waals surface area contributed by atoms with Gasteiger partial charge in [0.15, 0.2) is 5.82 Å². The van der Waals surface area contributed by atoms with Crippen LogP contribution < -0.4 is 15.4 Å². The topological polar surface area (TPSA) is 135 Å². The summed E-state index contributed by atoms with van der Waals surface area (Å²) in [5, 5.41) is 20.0. The lowest BCUT2D eigenvalue weighted by atomic mass is 9.77. The van der Waals surface area contributed by atoms with Crippen LogP contribution in [-0.2, 0) is 4.79 Å². The Morgan fingerprint density at radius 1 is 1.20 bits per heavy atom. The maximum Gasteiger partial charge on any atom is 0.319 e. The number of halogens is 3. The van der Waals surface area contributed by atoms with Gasteiger partial charge in [0.2, 0.25) is 5.91 Å². The Balaban J connectivity index is 1.25. The van der Waals surface area contributed by atoms with Crippen LogP contribution in [0.4, 0.5) is 19.6 Å². The van der Waals surface area contributed by atoms with Gasteiger partial charge < -0.3 is 20.3 Å². The molecule has 2 aromatic carbocycles. The monoisotopic (exact) mass is 716 g/mol. The molecule has 8 rings (SSSR count). The molecule has 0 bridgehead atoms. The van der Waals surface area contributed by atoms with Crippen molar-refractivity contribution in [3.05, 3.63) is 40.4 Å². The predicted octanol–water partition coefficient (Wildman–Crippen LogP) is 6.49. The first-order chi connectivity index (χ1) is 24.0. The van der Waals surface area contributed by atoms with Crippen molar-refractivity contribution >= 4 is 60.7 Å². The summed E-state index contributed by atoms with van der Waals surface area (Å²) in [5.74, 6) is -1.30. The van der Waals surface area contributed by atoms with Crippen molar-refractivity contribution in [1.29, 1.82) is 10.5 Å². The number of aromatic nitrogens is 2. The molecule has 50 heavy (non-hydrogen) atoms. The summed E-state index contributed by atoms with van der Waals surface area (Å²) in [6.45, 7) is 4.64. The van der Waals surface area contributed by atoms with Crippen LogP contribution in [0.1, 0.15) is 51.0 Å². The molecule has 3 aliphatic heterocycles. The van der Waals surface area contributed by atoms with E-state index in [2.05, 4.69) is 20.9 Å². The van der Waals surface area contributed by atoms with Gasteiger partial charge in [-0.25, -0.2) is 8.78 Å². The lowest BCUT2D eigenvalue weighted by Gasteiger charge is -2.57. The van der Waals surface area contributed by atoms with E-state index >= 15 is 4.39 Å². The zero-order chi connectivity index (χ0) is 35.1. The average molecular weight is 717 g/mol. The Kier molecular flexibility index (Phi) is 8.01. The van der Waals surface area contributed by atoms with Crippen LogP contribution in [0.5, 0.6) is 6.01 Å². The summed E-state index contributed by atoms with van der Waals surface area (Å²) < 4.78 is 38.6. The van der Waals surface area contributed by atoms with Crippen molar-refractivity contribution in [1.82, 2.24) is 19.8 Å². The molecule has 1 unspecified atom stereocenters. The molecule has 10 nitrogen and oxygen atoms in total. The first-order valence-electron chi connectivity index (χ1n) is 17.0. The first kappa shape index (κ1) is 32.9. The molecule has 1 aliphatic carbocycles. The number of rotatable bonds is 6. The van der Waals surface area contributed by atoms with Crippen LogP contribution in [0.25, 0.3) is 32.1 Å². The zero-order valence-electron chi connectivity index (χ0n) is 27.7. The van der Waals surface area contributed by atoms with Gasteiger partial charge in [-0.1, -0.05) is 17.7 Å². The van der Waals surface area contributed by atoms with Gasteiger partial charge in [-0.2, -0.15) is 20.5 Å². The number of thiophene rings is 1. The Bertz CT molecular complexity index is 2170. The number of hydrogen-bond donors (Lipinski definition) is 1. The summed E-state index contributed by atoms with van der Waals surface area (Å²) >= 11 is 7.84. The number of hydrogen-bond acceptors (Lipinski definition) is 10. The standard InChI is InChI=1S/C36H35ClF2N8O2S/c1-18(26-5-3-10-45(26)2)49-35-43-30-22(14-24(37)28(29(30)39)20-6-7-25(38)31-27(20)23(16-41)32(42)50-31)33(44-35)46-11-4-8-36(17-46)9-12-47(36)34(48)21-13-19(21)15-40/h6-7,14,18-19,21,26H,3-5,8-13,17,42H2,1-2H3/t18-,19-,21+,26-,36?/m0/s1. The lowest BCUT2D eigenvalue weighted by Crippen LogP contribution is -2.69. The molecule has 5 heterocycles. The number of fused-ring (bicyclic) bond motifs is 2. The molecular weight excluding hydrogens is 682 g/mol. The second kappa shape index (κ2) is 12.2. The van der Waals surface area contributed by atoms with Gasteiger partial charge in [-0.3, -0.25) is 9.69 Å². The van der Waals surface area contributed by atoms with Crippen LogP contribution in [0, 0.1) is 46.1 Å². The molecule has 3 saturated heterocycles. The fraction of sp³-hybridized carbons (Fsp3) is 0.472. The highest BCUT2D eigenvalue weighted by molar-refractivity contribution is 7.23. The quantitative estimate of drug-likeness (QED) is 0.238.